The van der Waals surface area contributed by atoms with E-state index in [1.165, 1.54) is 5.56 Å². The molecule has 0 radical (unpaired) electrons. The van der Waals surface area contributed by atoms with Crippen LogP contribution in [0.1, 0.15) is 30.7 Å². The molecule has 1 aromatic heterocycles. The Kier molecular flexibility index (Phi) is 4.24. The monoisotopic (exact) mass is 293 g/mol. The van der Waals surface area contributed by atoms with Gasteiger partial charge in [0, 0.05) is 11.8 Å². The number of carbonyl (C=O) groups is 1. The summed E-state index contributed by atoms with van der Waals surface area (Å²) >= 11 is 0. The summed E-state index contributed by atoms with van der Waals surface area (Å²) in [6.45, 7) is 1.94. The first-order valence-corrected chi connectivity index (χ1v) is 7.54. The number of benzene rings is 2. The van der Waals surface area contributed by atoms with Crippen LogP contribution in [0.5, 0.6) is 0 Å². The third kappa shape index (κ3) is 3.37. The fourth-order valence-corrected chi connectivity index (χ4v) is 2.50. The zero-order valence-electron chi connectivity index (χ0n) is 12.6. The Morgan fingerprint density at radius 1 is 1.09 bits per heavy atom. The van der Waals surface area contributed by atoms with Gasteiger partial charge in [0.05, 0.1) is 6.04 Å². The Morgan fingerprint density at radius 2 is 1.82 bits per heavy atom. The van der Waals surface area contributed by atoms with E-state index in [4.69, 9.17) is 4.42 Å². The van der Waals surface area contributed by atoms with Crippen LogP contribution in [0.15, 0.2) is 65.1 Å². The third-order valence-corrected chi connectivity index (χ3v) is 3.73. The maximum Gasteiger partial charge on any atom is 0.220 e. The fraction of sp³-hybridized carbons (Fsp3) is 0.211. The summed E-state index contributed by atoms with van der Waals surface area (Å²) in [4.78, 5) is 12.1. The van der Waals surface area contributed by atoms with Gasteiger partial charge < -0.3 is 9.73 Å². The van der Waals surface area contributed by atoms with E-state index in [9.17, 15) is 4.79 Å². The molecule has 2 aromatic carbocycles. The predicted octanol–water partition coefficient (Wildman–Crippen LogP) is 4.24. The number of hydrogen-bond acceptors (Lipinski definition) is 2. The first-order valence-electron chi connectivity index (χ1n) is 7.54. The lowest BCUT2D eigenvalue weighted by Gasteiger charge is -2.11. The van der Waals surface area contributed by atoms with Gasteiger partial charge in [0.2, 0.25) is 5.91 Å². The molecule has 3 aromatic rings. The molecule has 3 nitrogen and oxygen atoms in total. The number of hydrogen-bond donors (Lipinski definition) is 1. The molecule has 0 saturated carbocycles. The summed E-state index contributed by atoms with van der Waals surface area (Å²) in [5, 5.41) is 4.05. The van der Waals surface area contributed by atoms with E-state index in [2.05, 4.69) is 5.32 Å². The molecule has 0 bridgehead atoms. The Bertz CT molecular complexity index is 728. The van der Waals surface area contributed by atoms with Gasteiger partial charge in [0.15, 0.2) is 0 Å². The van der Waals surface area contributed by atoms with Crippen molar-refractivity contribution in [2.24, 2.45) is 0 Å². The summed E-state index contributed by atoms with van der Waals surface area (Å²) in [5.74, 6) is 0.825. The van der Waals surface area contributed by atoms with Crippen LogP contribution in [0.2, 0.25) is 0 Å². The molecular weight excluding hydrogens is 274 g/mol. The minimum atomic E-state index is -0.129. The van der Waals surface area contributed by atoms with Crippen molar-refractivity contribution < 1.29 is 9.21 Å². The number of carbonyl (C=O) groups excluding carboxylic acids is 1. The Hall–Kier alpha value is -2.55. The number of amides is 1. The highest BCUT2D eigenvalue weighted by molar-refractivity contribution is 5.79. The van der Waals surface area contributed by atoms with Crippen molar-refractivity contribution in [1.29, 1.82) is 0 Å². The zero-order chi connectivity index (χ0) is 15.4. The largest absolute Gasteiger partial charge is 0.459 e. The molecule has 3 heteroatoms. The van der Waals surface area contributed by atoms with Gasteiger partial charge in [-0.3, -0.25) is 4.79 Å². The Balaban J connectivity index is 1.58. The highest BCUT2D eigenvalue weighted by Gasteiger charge is 2.14. The number of para-hydroxylation sites is 1. The van der Waals surface area contributed by atoms with Crippen LogP contribution < -0.4 is 5.32 Å². The molecule has 0 saturated heterocycles. The van der Waals surface area contributed by atoms with Gasteiger partial charge in [-0.2, -0.15) is 0 Å². The lowest BCUT2D eigenvalue weighted by molar-refractivity contribution is -0.121. The number of fused-ring (bicyclic) bond motifs is 1. The van der Waals surface area contributed by atoms with Crippen LogP contribution in [0.25, 0.3) is 11.0 Å². The van der Waals surface area contributed by atoms with Gasteiger partial charge in [-0.25, -0.2) is 0 Å². The van der Waals surface area contributed by atoms with Gasteiger partial charge in [-0.05, 0) is 31.0 Å². The third-order valence-electron chi connectivity index (χ3n) is 3.73. The molecule has 1 heterocycles. The molecule has 112 valence electrons. The molecule has 1 atom stereocenters. The van der Waals surface area contributed by atoms with E-state index in [1.54, 1.807) is 0 Å². The van der Waals surface area contributed by atoms with Gasteiger partial charge in [-0.15, -0.1) is 0 Å². The van der Waals surface area contributed by atoms with Crippen molar-refractivity contribution in [2.75, 3.05) is 0 Å². The van der Waals surface area contributed by atoms with Crippen LogP contribution in [-0.4, -0.2) is 5.91 Å². The summed E-state index contributed by atoms with van der Waals surface area (Å²) in [6.07, 6.45) is 1.23. The van der Waals surface area contributed by atoms with Gasteiger partial charge in [-0.1, -0.05) is 48.5 Å². The van der Waals surface area contributed by atoms with Crippen LogP contribution in [0.3, 0.4) is 0 Å². The van der Waals surface area contributed by atoms with E-state index in [-0.39, 0.29) is 11.9 Å². The molecular formula is C19H19NO2. The number of furan rings is 1. The van der Waals surface area contributed by atoms with Crippen molar-refractivity contribution in [2.45, 2.75) is 25.8 Å². The normalized spacial score (nSPS) is 12.2. The van der Waals surface area contributed by atoms with Crippen LogP contribution in [-0.2, 0) is 11.2 Å². The van der Waals surface area contributed by atoms with E-state index in [0.29, 0.717) is 6.42 Å². The van der Waals surface area contributed by atoms with Crippen molar-refractivity contribution >= 4 is 16.9 Å². The van der Waals surface area contributed by atoms with Crippen LogP contribution in [0, 0.1) is 0 Å². The summed E-state index contributed by atoms with van der Waals surface area (Å²) in [5.41, 5.74) is 2.02. The molecule has 3 rings (SSSR count). The van der Waals surface area contributed by atoms with Crippen molar-refractivity contribution in [1.82, 2.24) is 5.32 Å². The Morgan fingerprint density at radius 3 is 2.59 bits per heavy atom. The van der Waals surface area contributed by atoms with Gasteiger partial charge >= 0.3 is 0 Å². The van der Waals surface area contributed by atoms with E-state index < -0.39 is 0 Å². The lowest BCUT2D eigenvalue weighted by Crippen LogP contribution is -2.26. The van der Waals surface area contributed by atoms with Crippen LogP contribution in [0.4, 0.5) is 0 Å². The molecule has 0 aliphatic carbocycles. The van der Waals surface area contributed by atoms with Crippen LogP contribution >= 0.6 is 0 Å². The fourth-order valence-electron chi connectivity index (χ4n) is 2.50. The van der Waals surface area contributed by atoms with Crippen molar-refractivity contribution in [3.8, 4) is 0 Å². The second kappa shape index (κ2) is 6.48. The van der Waals surface area contributed by atoms with Gasteiger partial charge in [0.1, 0.15) is 11.3 Å². The quantitative estimate of drug-likeness (QED) is 0.764. The maximum atomic E-state index is 12.1. The molecule has 0 fully saturated rings. The lowest BCUT2D eigenvalue weighted by atomic mass is 10.1. The molecule has 0 spiro atoms. The molecule has 1 amide bonds. The molecule has 0 aliphatic heterocycles. The topological polar surface area (TPSA) is 42.2 Å². The minimum absolute atomic E-state index is 0.0387. The summed E-state index contributed by atoms with van der Waals surface area (Å²) < 4.78 is 5.78. The highest BCUT2D eigenvalue weighted by atomic mass is 16.3. The number of rotatable bonds is 5. The van der Waals surface area contributed by atoms with E-state index >= 15 is 0 Å². The standard InChI is InChI=1S/C19H19NO2/c1-14(18-13-16-9-5-6-10-17(16)22-18)20-19(21)12-11-15-7-3-2-4-8-15/h2-10,13-14H,11-12H2,1H3,(H,20,21)/t14-/m0/s1. The van der Waals surface area contributed by atoms with Gasteiger partial charge in [0.25, 0.3) is 0 Å². The Labute approximate surface area is 130 Å². The molecule has 0 unspecified atom stereocenters. The first kappa shape index (κ1) is 14.4. The maximum absolute atomic E-state index is 12.1. The van der Waals surface area contributed by atoms with Crippen molar-refractivity contribution in [3.63, 3.8) is 0 Å². The second-order valence-electron chi connectivity index (χ2n) is 5.46. The zero-order valence-corrected chi connectivity index (χ0v) is 12.6. The summed E-state index contributed by atoms with van der Waals surface area (Å²) in [7, 11) is 0. The average Bonchev–Trinajstić information content (AvgIpc) is 2.98. The molecule has 22 heavy (non-hydrogen) atoms. The highest BCUT2D eigenvalue weighted by Crippen LogP contribution is 2.23. The van der Waals surface area contributed by atoms with E-state index in [1.807, 2.05) is 67.6 Å². The summed E-state index contributed by atoms with van der Waals surface area (Å²) in [6, 6.07) is 19.7. The number of aryl methyl sites for hydroxylation is 1. The second-order valence-corrected chi connectivity index (χ2v) is 5.46. The minimum Gasteiger partial charge on any atom is -0.459 e. The predicted molar refractivity (Wildman–Crippen MR) is 87.5 cm³/mol. The SMILES string of the molecule is C[C@H](NC(=O)CCc1ccccc1)c1cc2ccccc2o1. The van der Waals surface area contributed by atoms with Crippen molar-refractivity contribution in [3.05, 3.63) is 72.0 Å². The molecule has 1 N–H and O–H groups in total. The van der Waals surface area contributed by atoms with E-state index in [0.717, 1.165) is 23.2 Å². The first-order chi connectivity index (χ1) is 10.7. The average molecular weight is 293 g/mol. The molecule has 0 aliphatic rings. The smallest absolute Gasteiger partial charge is 0.220 e. The number of nitrogens with one attached hydrogen (secondary N) is 1.